The van der Waals surface area contributed by atoms with Crippen LogP contribution in [0.2, 0.25) is 0 Å². The van der Waals surface area contributed by atoms with Crippen LogP contribution >= 0.6 is 0 Å². The molecule has 0 saturated heterocycles. The number of hydrogen-bond acceptors (Lipinski definition) is 8. The van der Waals surface area contributed by atoms with Gasteiger partial charge in [-0.1, -0.05) is 0 Å². The van der Waals surface area contributed by atoms with Gasteiger partial charge in [0.2, 0.25) is 11.9 Å². The fourth-order valence-corrected chi connectivity index (χ4v) is 1.51. The zero-order valence-electron chi connectivity index (χ0n) is 11.7. The van der Waals surface area contributed by atoms with E-state index in [0.29, 0.717) is 12.5 Å². The minimum atomic E-state index is -0.0343. The van der Waals surface area contributed by atoms with Gasteiger partial charge in [0, 0.05) is 13.2 Å². The smallest absolute Gasteiger partial charge is 0.323 e. The molecule has 0 unspecified atom stereocenters. The Morgan fingerprint density at radius 1 is 1.30 bits per heavy atom. The van der Waals surface area contributed by atoms with E-state index in [1.165, 1.54) is 0 Å². The fourth-order valence-electron chi connectivity index (χ4n) is 1.51. The first-order chi connectivity index (χ1) is 9.58. The molecule has 0 saturated carbocycles. The third-order valence-corrected chi connectivity index (χ3v) is 2.44. The van der Waals surface area contributed by atoms with Crippen LogP contribution in [-0.4, -0.2) is 30.8 Å². The predicted octanol–water partition coefficient (Wildman–Crippen LogP) is 0.290. The van der Waals surface area contributed by atoms with E-state index in [1.54, 1.807) is 10.9 Å². The maximum absolute atomic E-state index is 5.44. The van der Waals surface area contributed by atoms with Crippen LogP contribution < -0.4 is 21.3 Å². The summed E-state index contributed by atoms with van der Waals surface area (Å²) in [6, 6.07) is 2.12. The van der Waals surface area contributed by atoms with Crippen molar-refractivity contribution < 1.29 is 4.74 Å². The second-order valence-corrected chi connectivity index (χ2v) is 4.38. The molecule has 108 valence electrons. The molecular weight excluding hydrogens is 260 g/mol. The molecule has 0 aromatic carbocycles. The van der Waals surface area contributed by atoms with Crippen LogP contribution in [0.5, 0.6) is 6.01 Å². The summed E-state index contributed by atoms with van der Waals surface area (Å²) in [6.07, 6.45) is 1.69. The third kappa shape index (κ3) is 3.54. The average Bonchev–Trinajstić information content (AvgIpc) is 2.81. The lowest BCUT2D eigenvalue weighted by Gasteiger charge is -2.11. The molecule has 0 amide bonds. The van der Waals surface area contributed by atoms with Crippen LogP contribution in [-0.2, 0) is 13.6 Å². The van der Waals surface area contributed by atoms with Gasteiger partial charge in [-0.15, -0.1) is 0 Å². The molecule has 2 heterocycles. The molecule has 2 aromatic rings. The second-order valence-electron chi connectivity index (χ2n) is 4.38. The SMILES string of the molecule is CC(C)Oc1nc(NN)nc(NCc2ccnn2C)n1. The summed E-state index contributed by atoms with van der Waals surface area (Å²) in [5.74, 6) is 5.95. The first kappa shape index (κ1) is 14.0. The summed E-state index contributed by atoms with van der Waals surface area (Å²) >= 11 is 0. The van der Waals surface area contributed by atoms with Crippen LogP contribution in [0.25, 0.3) is 0 Å². The molecule has 2 aromatic heterocycles. The summed E-state index contributed by atoms with van der Waals surface area (Å²) in [5.41, 5.74) is 3.38. The number of nitrogens with one attached hydrogen (secondary N) is 2. The number of aryl methyl sites for hydroxylation is 1. The van der Waals surface area contributed by atoms with Crippen molar-refractivity contribution in [1.29, 1.82) is 0 Å². The summed E-state index contributed by atoms with van der Waals surface area (Å²) in [7, 11) is 1.87. The molecular formula is C11H18N8O. The van der Waals surface area contributed by atoms with Crippen molar-refractivity contribution in [3.05, 3.63) is 18.0 Å². The van der Waals surface area contributed by atoms with E-state index >= 15 is 0 Å². The van der Waals surface area contributed by atoms with Crippen molar-refractivity contribution in [3.63, 3.8) is 0 Å². The van der Waals surface area contributed by atoms with Gasteiger partial charge in [-0.2, -0.15) is 20.1 Å². The van der Waals surface area contributed by atoms with Gasteiger partial charge in [0.05, 0.1) is 18.3 Å². The number of anilines is 2. The molecule has 9 heteroatoms. The molecule has 0 fully saturated rings. The largest absolute Gasteiger partial charge is 0.461 e. The minimum absolute atomic E-state index is 0.0343. The molecule has 4 N–H and O–H groups in total. The van der Waals surface area contributed by atoms with E-state index in [0.717, 1.165) is 5.69 Å². The van der Waals surface area contributed by atoms with E-state index < -0.39 is 0 Å². The standard InChI is InChI=1S/C11H18N8O/c1-7(2)20-11-16-9(15-10(17-11)18-12)13-6-8-4-5-14-19(8)3/h4-5,7H,6,12H2,1-3H3,(H2,13,15,16,17,18). The highest BCUT2D eigenvalue weighted by molar-refractivity contribution is 5.35. The Morgan fingerprint density at radius 3 is 2.65 bits per heavy atom. The van der Waals surface area contributed by atoms with Gasteiger partial charge in [-0.25, -0.2) is 5.84 Å². The lowest BCUT2D eigenvalue weighted by Crippen LogP contribution is -2.16. The molecule has 0 radical (unpaired) electrons. The predicted molar refractivity (Wildman–Crippen MR) is 73.9 cm³/mol. The first-order valence-corrected chi connectivity index (χ1v) is 6.18. The van der Waals surface area contributed by atoms with Gasteiger partial charge < -0.3 is 10.1 Å². The van der Waals surface area contributed by atoms with E-state index in [1.807, 2.05) is 27.0 Å². The van der Waals surface area contributed by atoms with Crippen molar-refractivity contribution in [2.24, 2.45) is 12.9 Å². The minimum Gasteiger partial charge on any atom is -0.461 e. The highest BCUT2D eigenvalue weighted by Crippen LogP contribution is 2.12. The zero-order chi connectivity index (χ0) is 14.5. The Bertz CT molecular complexity index is 567. The van der Waals surface area contributed by atoms with Gasteiger partial charge in [-0.05, 0) is 19.9 Å². The van der Waals surface area contributed by atoms with Crippen LogP contribution in [0, 0.1) is 0 Å². The highest BCUT2D eigenvalue weighted by atomic mass is 16.5. The first-order valence-electron chi connectivity index (χ1n) is 6.18. The number of hydrazine groups is 1. The molecule has 20 heavy (non-hydrogen) atoms. The number of aromatic nitrogens is 5. The molecule has 0 spiro atoms. The number of nitrogen functional groups attached to an aromatic ring is 1. The molecule has 0 aliphatic rings. The Hall–Kier alpha value is -2.42. The van der Waals surface area contributed by atoms with Crippen molar-refractivity contribution in [3.8, 4) is 6.01 Å². The summed E-state index contributed by atoms with van der Waals surface area (Å²) in [6.45, 7) is 4.32. The number of rotatable bonds is 6. The Labute approximate surface area is 116 Å². The molecule has 0 aliphatic carbocycles. The number of ether oxygens (including phenoxy) is 1. The van der Waals surface area contributed by atoms with Gasteiger partial charge in [0.15, 0.2) is 0 Å². The van der Waals surface area contributed by atoms with Crippen molar-refractivity contribution in [1.82, 2.24) is 24.7 Å². The lowest BCUT2D eigenvalue weighted by atomic mass is 10.4. The average molecular weight is 278 g/mol. The number of nitrogens with zero attached hydrogens (tertiary/aromatic N) is 5. The highest BCUT2D eigenvalue weighted by Gasteiger charge is 2.09. The Balaban J connectivity index is 2.12. The van der Waals surface area contributed by atoms with Crippen molar-refractivity contribution >= 4 is 11.9 Å². The molecule has 9 nitrogen and oxygen atoms in total. The quantitative estimate of drug-likeness (QED) is 0.510. The number of nitrogens with two attached hydrogens (primary N) is 1. The molecule has 0 bridgehead atoms. The topological polar surface area (TPSA) is 116 Å². The van der Waals surface area contributed by atoms with E-state index in [4.69, 9.17) is 10.6 Å². The fraction of sp³-hybridized carbons (Fsp3) is 0.455. The van der Waals surface area contributed by atoms with Crippen LogP contribution in [0.1, 0.15) is 19.5 Å². The van der Waals surface area contributed by atoms with E-state index in [-0.39, 0.29) is 18.1 Å². The van der Waals surface area contributed by atoms with Crippen LogP contribution in [0.4, 0.5) is 11.9 Å². The lowest BCUT2D eigenvalue weighted by molar-refractivity contribution is 0.222. The van der Waals surface area contributed by atoms with Gasteiger partial charge in [0.25, 0.3) is 0 Å². The molecule has 2 rings (SSSR count). The second kappa shape index (κ2) is 6.15. The van der Waals surface area contributed by atoms with E-state index in [2.05, 4.69) is 30.8 Å². The number of hydrogen-bond donors (Lipinski definition) is 3. The summed E-state index contributed by atoms with van der Waals surface area (Å²) < 4.78 is 7.21. The van der Waals surface area contributed by atoms with E-state index in [9.17, 15) is 0 Å². The normalized spacial score (nSPS) is 10.7. The molecule has 0 aliphatic heterocycles. The molecule has 0 atom stereocenters. The van der Waals surface area contributed by atoms with Gasteiger partial charge in [0.1, 0.15) is 0 Å². The zero-order valence-corrected chi connectivity index (χ0v) is 11.7. The van der Waals surface area contributed by atoms with Gasteiger partial charge >= 0.3 is 6.01 Å². The summed E-state index contributed by atoms with van der Waals surface area (Å²) in [4.78, 5) is 12.3. The summed E-state index contributed by atoms with van der Waals surface area (Å²) in [5, 5.41) is 7.16. The maximum atomic E-state index is 5.44. The van der Waals surface area contributed by atoms with Crippen molar-refractivity contribution in [2.75, 3.05) is 10.7 Å². The van der Waals surface area contributed by atoms with Crippen LogP contribution in [0.3, 0.4) is 0 Å². The van der Waals surface area contributed by atoms with Gasteiger partial charge in [-0.3, -0.25) is 10.1 Å². The third-order valence-electron chi connectivity index (χ3n) is 2.44. The van der Waals surface area contributed by atoms with Crippen LogP contribution in [0.15, 0.2) is 12.3 Å². The monoisotopic (exact) mass is 278 g/mol. The maximum Gasteiger partial charge on any atom is 0.323 e. The Kier molecular flexibility index (Phi) is 4.31. The van der Waals surface area contributed by atoms with Crippen molar-refractivity contribution in [2.45, 2.75) is 26.5 Å². The Morgan fingerprint density at radius 2 is 2.05 bits per heavy atom.